The summed E-state index contributed by atoms with van der Waals surface area (Å²) >= 11 is 1.47. The van der Waals surface area contributed by atoms with Crippen molar-refractivity contribution in [2.45, 2.75) is 43.3 Å². The second kappa shape index (κ2) is 8.63. The molecule has 1 aromatic heterocycles. The van der Waals surface area contributed by atoms with Crippen LogP contribution in [-0.2, 0) is 9.59 Å². The van der Waals surface area contributed by atoms with Crippen molar-refractivity contribution < 1.29 is 9.59 Å². The lowest BCUT2D eigenvalue weighted by Crippen LogP contribution is -2.50. The summed E-state index contributed by atoms with van der Waals surface area (Å²) in [6.07, 6.45) is 0.217. The smallest absolute Gasteiger partial charge is 0.238 e. The Bertz CT molecular complexity index is 956. The molecule has 2 aromatic rings. The number of para-hydroxylation sites is 1. The van der Waals surface area contributed by atoms with Gasteiger partial charge in [0.05, 0.1) is 10.9 Å². The summed E-state index contributed by atoms with van der Waals surface area (Å²) in [6.45, 7) is 8.89. The highest BCUT2D eigenvalue weighted by Crippen LogP contribution is 2.36. The zero-order valence-corrected chi connectivity index (χ0v) is 18.4. The molecule has 0 unspecified atom stereocenters. The van der Waals surface area contributed by atoms with Gasteiger partial charge in [-0.1, -0.05) is 26.0 Å². The first kappa shape index (κ1) is 20.7. The molecule has 1 saturated heterocycles. The van der Waals surface area contributed by atoms with Gasteiger partial charge in [-0.3, -0.25) is 9.59 Å². The fourth-order valence-corrected chi connectivity index (χ4v) is 4.80. The molecular weight excluding hydrogens is 398 g/mol. The highest BCUT2D eigenvalue weighted by Gasteiger charge is 2.31. The van der Waals surface area contributed by atoms with E-state index < -0.39 is 0 Å². The van der Waals surface area contributed by atoms with Crippen LogP contribution in [0.1, 0.15) is 37.7 Å². The first-order valence-corrected chi connectivity index (χ1v) is 11.2. The topological polar surface area (TPSA) is 78.4 Å². The SMILES string of the molecule is Cc1cc(N2CCN(C(=O)C[C@H]3Sc4ccccc4NC3=O)CC2)nc(C(C)C)n1. The number of benzene rings is 1. The molecule has 0 bridgehead atoms. The lowest BCUT2D eigenvalue weighted by atomic mass is 10.2. The number of nitrogens with one attached hydrogen (secondary N) is 1. The van der Waals surface area contributed by atoms with Crippen LogP contribution in [0, 0.1) is 6.92 Å². The quantitative estimate of drug-likeness (QED) is 0.811. The maximum atomic E-state index is 12.9. The minimum atomic E-state index is -0.386. The molecule has 0 radical (unpaired) electrons. The first-order chi connectivity index (χ1) is 14.4. The summed E-state index contributed by atoms with van der Waals surface area (Å²) in [7, 11) is 0. The summed E-state index contributed by atoms with van der Waals surface area (Å²) in [5.41, 5.74) is 1.79. The van der Waals surface area contributed by atoms with E-state index in [0.29, 0.717) is 13.1 Å². The molecule has 7 nitrogen and oxygen atoms in total. The van der Waals surface area contributed by atoms with Crippen LogP contribution >= 0.6 is 11.8 Å². The first-order valence-electron chi connectivity index (χ1n) is 10.4. The van der Waals surface area contributed by atoms with Gasteiger partial charge in [0.25, 0.3) is 0 Å². The Morgan fingerprint density at radius 1 is 1.20 bits per heavy atom. The number of carbonyl (C=O) groups excluding carboxylic acids is 2. The summed E-state index contributed by atoms with van der Waals surface area (Å²) in [5.74, 6) is 1.99. The molecule has 2 aliphatic rings. The number of carbonyl (C=O) groups is 2. The van der Waals surface area contributed by atoms with Gasteiger partial charge in [0.1, 0.15) is 11.6 Å². The lowest BCUT2D eigenvalue weighted by Gasteiger charge is -2.36. The number of aryl methyl sites for hydroxylation is 1. The molecule has 0 saturated carbocycles. The van der Waals surface area contributed by atoms with Crippen molar-refractivity contribution in [2.24, 2.45) is 0 Å². The summed E-state index contributed by atoms with van der Waals surface area (Å²) < 4.78 is 0. The van der Waals surface area contributed by atoms with E-state index in [2.05, 4.69) is 29.0 Å². The standard InChI is InChI=1S/C22H27N5O2S/c1-14(2)21-23-15(3)12-19(25-21)26-8-10-27(11-9-26)20(28)13-18-22(29)24-16-6-4-5-7-17(16)30-18/h4-7,12,14,18H,8-11,13H2,1-3H3,(H,24,29)/t18-/m1/s1. The van der Waals surface area contributed by atoms with Gasteiger partial charge in [-0.25, -0.2) is 9.97 Å². The molecule has 8 heteroatoms. The number of amides is 2. The molecular formula is C22H27N5O2S. The third kappa shape index (κ3) is 4.43. The Kier molecular flexibility index (Phi) is 5.94. The number of hydrogen-bond donors (Lipinski definition) is 1. The molecule has 158 valence electrons. The molecule has 30 heavy (non-hydrogen) atoms. The number of thioether (sulfide) groups is 1. The van der Waals surface area contributed by atoms with Crippen molar-refractivity contribution in [1.29, 1.82) is 0 Å². The zero-order valence-electron chi connectivity index (χ0n) is 17.6. The van der Waals surface area contributed by atoms with Crippen LogP contribution < -0.4 is 10.2 Å². The van der Waals surface area contributed by atoms with Crippen molar-refractivity contribution in [3.05, 3.63) is 41.9 Å². The third-order valence-electron chi connectivity index (χ3n) is 5.40. The highest BCUT2D eigenvalue weighted by molar-refractivity contribution is 8.01. The Morgan fingerprint density at radius 2 is 1.93 bits per heavy atom. The predicted octanol–water partition coefficient (Wildman–Crippen LogP) is 3.06. The Balaban J connectivity index is 1.35. The minimum Gasteiger partial charge on any atom is -0.353 e. The normalized spacial score (nSPS) is 18.9. The van der Waals surface area contributed by atoms with E-state index in [1.807, 2.05) is 42.2 Å². The number of anilines is 2. The van der Waals surface area contributed by atoms with Crippen LogP contribution in [0.5, 0.6) is 0 Å². The van der Waals surface area contributed by atoms with Crippen LogP contribution in [0.15, 0.2) is 35.2 Å². The van der Waals surface area contributed by atoms with Crippen molar-refractivity contribution in [3.63, 3.8) is 0 Å². The molecule has 0 aliphatic carbocycles. The number of piperazine rings is 1. The lowest BCUT2D eigenvalue weighted by molar-refractivity contribution is -0.132. The summed E-state index contributed by atoms with van der Waals surface area (Å²) in [6, 6.07) is 9.71. The number of aromatic nitrogens is 2. The maximum absolute atomic E-state index is 12.9. The van der Waals surface area contributed by atoms with Gasteiger partial charge in [0.15, 0.2) is 0 Å². The Hall–Kier alpha value is -2.61. The summed E-state index contributed by atoms with van der Waals surface area (Å²) in [4.78, 5) is 39.6. The van der Waals surface area contributed by atoms with E-state index in [4.69, 9.17) is 4.98 Å². The number of nitrogens with zero attached hydrogens (tertiary/aromatic N) is 4. The van der Waals surface area contributed by atoms with Crippen molar-refractivity contribution in [2.75, 3.05) is 36.4 Å². The maximum Gasteiger partial charge on any atom is 0.238 e. The Labute approximate surface area is 181 Å². The molecule has 2 amide bonds. The van der Waals surface area contributed by atoms with E-state index in [-0.39, 0.29) is 29.4 Å². The van der Waals surface area contributed by atoms with Gasteiger partial charge in [-0.15, -0.1) is 11.8 Å². The minimum absolute atomic E-state index is 0.0309. The molecule has 1 fully saturated rings. The van der Waals surface area contributed by atoms with E-state index in [9.17, 15) is 9.59 Å². The predicted molar refractivity (Wildman–Crippen MR) is 119 cm³/mol. The van der Waals surface area contributed by atoms with Gasteiger partial charge >= 0.3 is 0 Å². The molecule has 1 aromatic carbocycles. The average molecular weight is 426 g/mol. The number of fused-ring (bicyclic) bond motifs is 1. The van der Waals surface area contributed by atoms with E-state index in [0.717, 1.165) is 41.0 Å². The van der Waals surface area contributed by atoms with Crippen molar-refractivity contribution >= 4 is 35.1 Å². The van der Waals surface area contributed by atoms with Gasteiger partial charge in [-0.05, 0) is 19.1 Å². The van der Waals surface area contributed by atoms with Crippen molar-refractivity contribution in [3.8, 4) is 0 Å². The molecule has 4 rings (SSSR count). The second-order valence-electron chi connectivity index (χ2n) is 8.04. The molecule has 0 spiro atoms. The third-order valence-corrected chi connectivity index (χ3v) is 6.67. The molecule has 3 heterocycles. The van der Waals surface area contributed by atoms with Gasteiger partial charge < -0.3 is 15.1 Å². The van der Waals surface area contributed by atoms with E-state index in [1.165, 1.54) is 11.8 Å². The Morgan fingerprint density at radius 3 is 2.67 bits per heavy atom. The zero-order chi connectivity index (χ0) is 21.3. The van der Waals surface area contributed by atoms with Crippen LogP contribution in [-0.4, -0.2) is 58.1 Å². The second-order valence-corrected chi connectivity index (χ2v) is 9.29. The van der Waals surface area contributed by atoms with Gasteiger partial charge in [0, 0.05) is 55.2 Å². The van der Waals surface area contributed by atoms with Gasteiger partial charge in [0.2, 0.25) is 11.8 Å². The molecule has 1 N–H and O–H groups in total. The summed E-state index contributed by atoms with van der Waals surface area (Å²) in [5, 5.41) is 2.53. The van der Waals surface area contributed by atoms with E-state index in [1.54, 1.807) is 0 Å². The van der Waals surface area contributed by atoms with Crippen LogP contribution in [0.3, 0.4) is 0 Å². The number of hydrogen-bond acceptors (Lipinski definition) is 6. The average Bonchev–Trinajstić information content (AvgIpc) is 2.74. The van der Waals surface area contributed by atoms with Crippen LogP contribution in [0.2, 0.25) is 0 Å². The fraction of sp³-hybridized carbons (Fsp3) is 0.455. The van der Waals surface area contributed by atoms with E-state index >= 15 is 0 Å². The largest absolute Gasteiger partial charge is 0.353 e. The fourth-order valence-electron chi connectivity index (χ4n) is 3.69. The van der Waals surface area contributed by atoms with Crippen molar-refractivity contribution in [1.82, 2.24) is 14.9 Å². The van der Waals surface area contributed by atoms with Crippen LogP contribution in [0.25, 0.3) is 0 Å². The highest BCUT2D eigenvalue weighted by atomic mass is 32.2. The van der Waals surface area contributed by atoms with Gasteiger partial charge in [-0.2, -0.15) is 0 Å². The monoisotopic (exact) mass is 425 g/mol. The molecule has 1 atom stereocenters. The molecule has 2 aliphatic heterocycles. The number of rotatable bonds is 4. The van der Waals surface area contributed by atoms with Crippen LogP contribution in [0.4, 0.5) is 11.5 Å².